The number of halogens is 2. The third-order valence-corrected chi connectivity index (χ3v) is 2.43. The van der Waals surface area contributed by atoms with Gasteiger partial charge in [-0.2, -0.15) is 0 Å². The van der Waals surface area contributed by atoms with Gasteiger partial charge in [0.25, 0.3) is 0 Å². The molecule has 1 aromatic rings. The Kier molecular flexibility index (Phi) is 3.72. The van der Waals surface area contributed by atoms with Gasteiger partial charge < -0.3 is 15.6 Å². The molecule has 0 aliphatic carbocycles. The lowest BCUT2D eigenvalue weighted by atomic mass is 9.98. The number of hydrogen-bond acceptors (Lipinski definition) is 3. The fourth-order valence-electron chi connectivity index (χ4n) is 1.66. The Labute approximate surface area is 97.6 Å². The summed E-state index contributed by atoms with van der Waals surface area (Å²) in [5, 5.41) is 8.85. The van der Waals surface area contributed by atoms with Crippen molar-refractivity contribution in [3.63, 3.8) is 0 Å². The second kappa shape index (κ2) is 4.67. The van der Waals surface area contributed by atoms with E-state index in [1.807, 2.05) is 0 Å². The zero-order valence-corrected chi connectivity index (χ0v) is 9.09. The first-order valence-corrected chi connectivity index (χ1v) is 4.55. The molecule has 6 heteroatoms. The van der Waals surface area contributed by atoms with Crippen LogP contribution in [0, 0.1) is 5.82 Å². The van der Waals surface area contributed by atoms with Gasteiger partial charge in [-0.25, -0.2) is 9.18 Å². The molecule has 1 atom stereocenters. The van der Waals surface area contributed by atoms with E-state index in [2.05, 4.69) is 0 Å². The number of carboxylic acid groups (broad SMARTS) is 1. The van der Waals surface area contributed by atoms with Crippen molar-refractivity contribution < 1.29 is 19.0 Å². The number of rotatable bonds is 1. The molecule has 1 aliphatic rings. The van der Waals surface area contributed by atoms with Gasteiger partial charge in [-0.3, -0.25) is 0 Å². The summed E-state index contributed by atoms with van der Waals surface area (Å²) >= 11 is 0. The van der Waals surface area contributed by atoms with E-state index in [9.17, 15) is 9.18 Å². The summed E-state index contributed by atoms with van der Waals surface area (Å²) in [5.74, 6) is -2.06. The number of aromatic carboxylic acids is 1. The fourth-order valence-corrected chi connectivity index (χ4v) is 1.66. The van der Waals surface area contributed by atoms with Crippen LogP contribution < -0.4 is 10.5 Å². The molecule has 4 nitrogen and oxygen atoms in total. The van der Waals surface area contributed by atoms with E-state index in [-0.39, 0.29) is 24.2 Å². The smallest absolute Gasteiger partial charge is 0.342 e. The zero-order valence-electron chi connectivity index (χ0n) is 8.27. The molecule has 0 unspecified atom stereocenters. The normalized spacial score (nSPS) is 18.0. The largest absolute Gasteiger partial charge is 0.492 e. The second-order valence-electron chi connectivity index (χ2n) is 3.39. The molecule has 0 saturated carbocycles. The van der Waals surface area contributed by atoms with E-state index in [1.54, 1.807) is 0 Å². The van der Waals surface area contributed by atoms with Crippen LogP contribution in [0.3, 0.4) is 0 Å². The summed E-state index contributed by atoms with van der Waals surface area (Å²) in [4.78, 5) is 10.8. The Morgan fingerprint density at radius 2 is 2.25 bits per heavy atom. The second-order valence-corrected chi connectivity index (χ2v) is 3.39. The van der Waals surface area contributed by atoms with Crippen molar-refractivity contribution in [1.29, 1.82) is 0 Å². The van der Waals surface area contributed by atoms with Gasteiger partial charge in [-0.1, -0.05) is 6.07 Å². The van der Waals surface area contributed by atoms with E-state index in [0.717, 1.165) is 6.07 Å². The number of hydrogen-bond donors (Lipinski definition) is 2. The summed E-state index contributed by atoms with van der Waals surface area (Å²) in [6, 6.07) is 2.30. The molecule has 0 saturated heterocycles. The standard InChI is InChI=1S/C10H10FNO3.ClH/c11-6-2-1-5-7(12)3-4-15-9(5)8(6)10(13)14;/h1-2,7H,3-4,12H2,(H,13,14);1H/t7-;/m0./s1. The van der Waals surface area contributed by atoms with Gasteiger partial charge in [0.05, 0.1) is 6.61 Å². The summed E-state index contributed by atoms with van der Waals surface area (Å²) < 4.78 is 18.4. The number of carbonyl (C=O) groups is 1. The molecule has 16 heavy (non-hydrogen) atoms. The number of nitrogens with two attached hydrogens (primary N) is 1. The Morgan fingerprint density at radius 3 is 2.88 bits per heavy atom. The van der Waals surface area contributed by atoms with Crippen molar-refractivity contribution in [2.75, 3.05) is 6.61 Å². The van der Waals surface area contributed by atoms with Crippen LogP contribution in [0.15, 0.2) is 12.1 Å². The fraction of sp³-hybridized carbons (Fsp3) is 0.300. The minimum absolute atomic E-state index is 0. The number of carboxylic acids is 1. The first-order chi connectivity index (χ1) is 7.11. The topological polar surface area (TPSA) is 72.5 Å². The Hall–Kier alpha value is -1.33. The lowest BCUT2D eigenvalue weighted by Gasteiger charge is -2.24. The van der Waals surface area contributed by atoms with Crippen molar-refractivity contribution >= 4 is 18.4 Å². The van der Waals surface area contributed by atoms with Crippen LogP contribution in [0.5, 0.6) is 5.75 Å². The summed E-state index contributed by atoms with van der Waals surface area (Å²) in [5.41, 5.74) is 5.90. The Bertz CT molecular complexity index is 425. The highest BCUT2D eigenvalue weighted by molar-refractivity contribution is 5.92. The van der Waals surface area contributed by atoms with E-state index < -0.39 is 17.3 Å². The molecule has 0 radical (unpaired) electrons. The van der Waals surface area contributed by atoms with Crippen molar-refractivity contribution in [1.82, 2.24) is 0 Å². The van der Waals surface area contributed by atoms with Crippen molar-refractivity contribution in [2.24, 2.45) is 5.73 Å². The highest BCUT2D eigenvalue weighted by atomic mass is 35.5. The summed E-state index contributed by atoms with van der Waals surface area (Å²) in [6.45, 7) is 0.317. The predicted octanol–water partition coefficient (Wildman–Crippen LogP) is 1.73. The van der Waals surface area contributed by atoms with Crippen LogP contribution >= 0.6 is 12.4 Å². The van der Waals surface area contributed by atoms with E-state index in [4.69, 9.17) is 15.6 Å². The lowest BCUT2D eigenvalue weighted by Crippen LogP contribution is -2.22. The van der Waals surface area contributed by atoms with E-state index in [0.29, 0.717) is 18.6 Å². The number of benzene rings is 1. The minimum atomic E-state index is -1.33. The first kappa shape index (κ1) is 12.7. The van der Waals surface area contributed by atoms with Crippen LogP contribution in [-0.2, 0) is 0 Å². The van der Waals surface area contributed by atoms with E-state index in [1.165, 1.54) is 6.07 Å². The molecule has 3 N–H and O–H groups in total. The van der Waals surface area contributed by atoms with Crippen LogP contribution in [-0.4, -0.2) is 17.7 Å². The molecule has 0 bridgehead atoms. The highest BCUT2D eigenvalue weighted by Crippen LogP contribution is 2.34. The minimum Gasteiger partial charge on any atom is -0.492 e. The zero-order chi connectivity index (χ0) is 11.0. The lowest BCUT2D eigenvalue weighted by molar-refractivity contribution is 0.0685. The quantitative estimate of drug-likeness (QED) is 0.793. The molecule has 2 rings (SSSR count). The number of ether oxygens (including phenoxy) is 1. The molecule has 1 heterocycles. The molecule has 0 fully saturated rings. The maximum Gasteiger partial charge on any atom is 0.342 e. The van der Waals surface area contributed by atoms with Gasteiger partial charge in [0.1, 0.15) is 17.1 Å². The summed E-state index contributed by atoms with van der Waals surface area (Å²) in [6.07, 6.45) is 0.609. The Balaban J connectivity index is 0.00000128. The maximum absolute atomic E-state index is 13.3. The van der Waals surface area contributed by atoms with Crippen LogP contribution in [0.2, 0.25) is 0 Å². The monoisotopic (exact) mass is 247 g/mol. The third-order valence-electron chi connectivity index (χ3n) is 2.43. The van der Waals surface area contributed by atoms with Gasteiger partial charge in [-0.15, -0.1) is 12.4 Å². The average molecular weight is 248 g/mol. The first-order valence-electron chi connectivity index (χ1n) is 4.55. The van der Waals surface area contributed by atoms with Crippen LogP contribution in [0.1, 0.15) is 28.4 Å². The molecule has 0 amide bonds. The number of fused-ring (bicyclic) bond motifs is 1. The molecule has 1 aromatic carbocycles. The molecular weight excluding hydrogens is 237 g/mol. The van der Waals surface area contributed by atoms with Crippen LogP contribution in [0.4, 0.5) is 4.39 Å². The summed E-state index contributed by atoms with van der Waals surface area (Å²) in [7, 11) is 0. The van der Waals surface area contributed by atoms with Crippen molar-refractivity contribution in [2.45, 2.75) is 12.5 Å². The maximum atomic E-state index is 13.3. The Morgan fingerprint density at radius 1 is 1.56 bits per heavy atom. The SMILES string of the molecule is Cl.N[C@H]1CCOc2c1ccc(F)c2C(=O)O. The van der Waals surface area contributed by atoms with Crippen LogP contribution in [0.25, 0.3) is 0 Å². The van der Waals surface area contributed by atoms with Gasteiger partial charge >= 0.3 is 5.97 Å². The van der Waals surface area contributed by atoms with Gasteiger partial charge in [0, 0.05) is 18.0 Å². The third kappa shape index (κ3) is 1.96. The molecule has 88 valence electrons. The highest BCUT2D eigenvalue weighted by Gasteiger charge is 2.26. The predicted molar refractivity (Wildman–Crippen MR) is 57.6 cm³/mol. The molecule has 0 spiro atoms. The van der Waals surface area contributed by atoms with Gasteiger partial charge in [0.15, 0.2) is 0 Å². The van der Waals surface area contributed by atoms with Crippen molar-refractivity contribution in [3.8, 4) is 5.75 Å². The average Bonchev–Trinajstić information content (AvgIpc) is 2.17. The van der Waals surface area contributed by atoms with Crippen molar-refractivity contribution in [3.05, 3.63) is 29.1 Å². The van der Waals surface area contributed by atoms with Gasteiger partial charge in [-0.05, 0) is 6.07 Å². The molecule has 0 aromatic heterocycles. The molecular formula is C10H11ClFNO3. The molecule has 1 aliphatic heterocycles. The van der Waals surface area contributed by atoms with Gasteiger partial charge in [0.2, 0.25) is 0 Å². The van der Waals surface area contributed by atoms with E-state index >= 15 is 0 Å².